The predicted molar refractivity (Wildman–Crippen MR) is 108 cm³/mol. The van der Waals surface area contributed by atoms with E-state index in [0.717, 1.165) is 25.1 Å². The summed E-state index contributed by atoms with van der Waals surface area (Å²) in [6.07, 6.45) is 7.89. The molecule has 1 N–H and O–H groups in total. The average molecular weight is 354 g/mol. The summed E-state index contributed by atoms with van der Waals surface area (Å²) in [5.74, 6) is 1.62. The van der Waals surface area contributed by atoms with Crippen LogP contribution in [0.4, 0.5) is 0 Å². The Bertz CT molecular complexity index is 750. The molecule has 1 aromatic carbocycles. The Hall–Kier alpha value is -2.20. The smallest absolute Gasteiger partial charge is 0.122 e. The first-order chi connectivity index (χ1) is 12.5. The molecule has 2 unspecified atom stereocenters. The molecule has 26 heavy (non-hydrogen) atoms. The van der Waals surface area contributed by atoms with E-state index in [-0.39, 0.29) is 12.2 Å². The minimum absolute atomic E-state index is 0.0126. The fraction of sp³-hybridized carbons (Fsp3) is 0.455. The van der Waals surface area contributed by atoms with Crippen molar-refractivity contribution < 1.29 is 5.11 Å². The number of likely N-dealkylation sites (N-methyl/N-ethyl adjacent to an activating group) is 1. The molecule has 1 aliphatic heterocycles. The molecule has 0 fully saturated rings. The number of rotatable bonds is 5. The molecule has 1 aromatic rings. The van der Waals surface area contributed by atoms with Crippen LogP contribution < -0.4 is 0 Å². The van der Waals surface area contributed by atoms with Gasteiger partial charge in [0, 0.05) is 31.3 Å². The molecule has 0 saturated heterocycles. The molecule has 0 saturated carbocycles. The molecule has 0 amide bonds. The second-order valence-electron chi connectivity index (χ2n) is 7.26. The topological polar surface area (TPSA) is 30.0 Å². The first-order valence-electron chi connectivity index (χ1n) is 9.57. The first kappa shape index (κ1) is 18.6. The lowest BCUT2D eigenvalue weighted by atomic mass is 9.91. The Morgan fingerprint density at radius 3 is 2.50 bits per heavy atom. The second-order valence-corrected chi connectivity index (χ2v) is 7.26. The monoisotopic (exact) mass is 353 g/mol. The van der Waals surface area contributed by atoms with E-state index in [4.69, 9.17) is 0 Å². The quantitative estimate of drug-likeness (QED) is 0.863. The van der Waals surface area contributed by atoms with Gasteiger partial charge >= 0.3 is 0 Å². The normalized spacial score (nSPS) is 23.1. The van der Waals surface area contributed by atoms with E-state index in [1.165, 1.54) is 17.0 Å². The Morgan fingerprint density at radius 1 is 1.12 bits per heavy atom. The van der Waals surface area contributed by atoms with Crippen LogP contribution in [0, 0.1) is 0 Å². The number of phenolic OH excluding ortho intramolecular Hbond substituents is 1. The summed E-state index contributed by atoms with van der Waals surface area (Å²) < 4.78 is 0. The maximum absolute atomic E-state index is 10.5. The molecule has 0 radical (unpaired) electrons. The number of para-hydroxylation sites is 1. The minimum atomic E-state index is -0.0126. The van der Waals surface area contributed by atoms with Gasteiger partial charge in [-0.2, -0.15) is 0 Å². The summed E-state index contributed by atoms with van der Waals surface area (Å²) in [5, 5.41) is 10.5. The average Bonchev–Trinajstić information content (AvgIpc) is 2.63. The van der Waals surface area contributed by atoms with Gasteiger partial charge in [0.2, 0.25) is 0 Å². The summed E-state index contributed by atoms with van der Waals surface area (Å²) in [6, 6.07) is 7.90. The number of benzene rings is 1. The van der Waals surface area contributed by atoms with Crippen LogP contribution in [-0.4, -0.2) is 53.0 Å². The lowest BCUT2D eigenvalue weighted by Crippen LogP contribution is -2.52. The Labute approximate surface area is 157 Å². The Morgan fingerprint density at radius 2 is 1.85 bits per heavy atom. The molecule has 2 atom stereocenters. The van der Waals surface area contributed by atoms with E-state index >= 15 is 0 Å². The molecular formula is C22H31N3O. The molecule has 4 heteroatoms. The SMILES string of the molecule is CCCN(CC)C1=C2C=CC(C)=CC2N(C)C(c2ccccc2O)N1C. The van der Waals surface area contributed by atoms with Gasteiger partial charge in [0.25, 0.3) is 0 Å². The maximum Gasteiger partial charge on any atom is 0.122 e. The van der Waals surface area contributed by atoms with Crippen molar-refractivity contribution in [2.24, 2.45) is 0 Å². The molecular weight excluding hydrogens is 322 g/mol. The van der Waals surface area contributed by atoms with Gasteiger partial charge in [-0.15, -0.1) is 0 Å². The molecule has 1 heterocycles. The number of aromatic hydroxyl groups is 1. The zero-order chi connectivity index (χ0) is 18.8. The van der Waals surface area contributed by atoms with Crippen LogP contribution in [0.3, 0.4) is 0 Å². The molecule has 2 aliphatic rings. The second kappa shape index (κ2) is 7.58. The standard InChI is InChI=1S/C22H31N3O/c1-6-14-25(7-2)22-17-13-12-16(3)15-19(17)23(4)21(24(22)5)18-10-8-9-11-20(18)26/h8-13,15,19,21,26H,6-7,14H2,1-5H3. The lowest BCUT2D eigenvalue weighted by molar-refractivity contribution is 0.0423. The van der Waals surface area contributed by atoms with Crippen LogP contribution in [0.15, 0.2) is 59.5 Å². The number of hydrogen-bond acceptors (Lipinski definition) is 4. The summed E-state index contributed by atoms with van der Waals surface area (Å²) in [6.45, 7) is 8.59. The van der Waals surface area contributed by atoms with Crippen LogP contribution in [0.25, 0.3) is 0 Å². The van der Waals surface area contributed by atoms with Crippen molar-refractivity contribution >= 4 is 0 Å². The summed E-state index contributed by atoms with van der Waals surface area (Å²) in [4.78, 5) is 7.13. The third-order valence-corrected chi connectivity index (χ3v) is 5.44. The van der Waals surface area contributed by atoms with Crippen molar-refractivity contribution in [1.82, 2.24) is 14.7 Å². The minimum Gasteiger partial charge on any atom is -0.508 e. The highest BCUT2D eigenvalue weighted by Crippen LogP contribution is 2.42. The van der Waals surface area contributed by atoms with Crippen molar-refractivity contribution in [3.63, 3.8) is 0 Å². The van der Waals surface area contributed by atoms with Gasteiger partial charge in [-0.25, -0.2) is 0 Å². The molecule has 4 nitrogen and oxygen atoms in total. The zero-order valence-corrected chi connectivity index (χ0v) is 16.6. The molecule has 1 aliphatic carbocycles. The number of hydrogen-bond donors (Lipinski definition) is 1. The highest BCUT2D eigenvalue weighted by molar-refractivity contribution is 5.46. The van der Waals surface area contributed by atoms with Gasteiger partial charge in [0.15, 0.2) is 0 Å². The summed E-state index contributed by atoms with van der Waals surface area (Å²) in [5.41, 5.74) is 3.56. The van der Waals surface area contributed by atoms with Crippen LogP contribution >= 0.6 is 0 Å². The van der Waals surface area contributed by atoms with Crippen molar-refractivity contribution in [1.29, 1.82) is 0 Å². The van der Waals surface area contributed by atoms with E-state index in [9.17, 15) is 5.11 Å². The van der Waals surface area contributed by atoms with Crippen LogP contribution in [0.1, 0.15) is 38.9 Å². The molecule has 140 valence electrons. The molecule has 0 aromatic heterocycles. The van der Waals surface area contributed by atoms with E-state index in [2.05, 4.69) is 67.8 Å². The molecule has 3 rings (SSSR count). The molecule has 0 spiro atoms. The van der Waals surface area contributed by atoms with Gasteiger partial charge in [-0.05, 0) is 33.4 Å². The van der Waals surface area contributed by atoms with E-state index in [0.29, 0.717) is 5.75 Å². The van der Waals surface area contributed by atoms with Crippen LogP contribution in [-0.2, 0) is 0 Å². The Balaban J connectivity index is 2.15. The largest absolute Gasteiger partial charge is 0.508 e. The highest BCUT2D eigenvalue weighted by atomic mass is 16.3. The van der Waals surface area contributed by atoms with Crippen LogP contribution in [0.5, 0.6) is 5.75 Å². The highest BCUT2D eigenvalue weighted by Gasteiger charge is 2.39. The number of nitrogens with zero attached hydrogens (tertiary/aromatic N) is 3. The first-order valence-corrected chi connectivity index (χ1v) is 9.57. The fourth-order valence-corrected chi connectivity index (χ4v) is 4.23. The number of phenols is 1. The van der Waals surface area contributed by atoms with Gasteiger partial charge in [0.1, 0.15) is 17.7 Å². The zero-order valence-electron chi connectivity index (χ0n) is 16.6. The van der Waals surface area contributed by atoms with Gasteiger partial charge in [-0.1, -0.05) is 48.9 Å². The molecule has 0 bridgehead atoms. The van der Waals surface area contributed by atoms with Crippen molar-refractivity contribution in [3.05, 3.63) is 65.0 Å². The number of allylic oxidation sites excluding steroid dienone is 2. The Kier molecular flexibility index (Phi) is 5.42. The third kappa shape index (κ3) is 3.14. The van der Waals surface area contributed by atoms with Crippen molar-refractivity contribution in [2.75, 3.05) is 27.2 Å². The lowest BCUT2D eigenvalue weighted by Gasteiger charge is -2.50. The number of fused-ring (bicyclic) bond motifs is 1. The maximum atomic E-state index is 10.5. The van der Waals surface area contributed by atoms with Crippen LogP contribution in [0.2, 0.25) is 0 Å². The van der Waals surface area contributed by atoms with Crippen molar-refractivity contribution in [3.8, 4) is 5.75 Å². The fourth-order valence-electron chi connectivity index (χ4n) is 4.23. The summed E-state index contributed by atoms with van der Waals surface area (Å²) in [7, 11) is 4.29. The van der Waals surface area contributed by atoms with Crippen molar-refractivity contribution in [2.45, 2.75) is 39.4 Å². The third-order valence-electron chi connectivity index (χ3n) is 5.44. The van der Waals surface area contributed by atoms with Gasteiger partial charge < -0.3 is 14.9 Å². The van der Waals surface area contributed by atoms with Gasteiger partial charge in [0.05, 0.1) is 6.04 Å². The summed E-state index contributed by atoms with van der Waals surface area (Å²) >= 11 is 0. The van der Waals surface area contributed by atoms with E-state index in [1.54, 1.807) is 6.07 Å². The predicted octanol–water partition coefficient (Wildman–Crippen LogP) is 4.10. The van der Waals surface area contributed by atoms with Gasteiger partial charge in [-0.3, -0.25) is 4.90 Å². The van der Waals surface area contributed by atoms with E-state index in [1.807, 2.05) is 18.2 Å². The van der Waals surface area contributed by atoms with E-state index < -0.39 is 0 Å².